The van der Waals surface area contributed by atoms with E-state index in [-0.39, 0.29) is 24.6 Å². The second-order valence-electron chi connectivity index (χ2n) is 6.29. The van der Waals surface area contributed by atoms with Crippen molar-refractivity contribution in [1.29, 1.82) is 0 Å². The number of carbonyl (C=O) groups excluding carboxylic acids is 1. The number of hydrogen-bond donors (Lipinski definition) is 2. The second-order valence-corrected chi connectivity index (χ2v) is 6.29. The molecule has 1 fully saturated rings. The van der Waals surface area contributed by atoms with E-state index in [1.54, 1.807) is 0 Å². The van der Waals surface area contributed by atoms with Crippen LogP contribution in [0, 0.1) is 5.92 Å². The lowest BCUT2D eigenvalue weighted by atomic mass is 9.86. The molecule has 2 rings (SSSR count). The molecule has 0 saturated heterocycles. The van der Waals surface area contributed by atoms with E-state index in [1.165, 1.54) is 0 Å². The van der Waals surface area contributed by atoms with Crippen LogP contribution in [0.3, 0.4) is 0 Å². The SMILES string of the molecule is NC1CCC(CNC(=O)c2cc(C(F)(F)F)cc(C(F)(F)F)c2)CC1. The van der Waals surface area contributed by atoms with E-state index in [2.05, 4.69) is 5.32 Å². The fourth-order valence-electron chi connectivity index (χ4n) is 2.82. The number of nitrogens with one attached hydrogen (secondary N) is 1. The molecule has 0 atom stereocenters. The highest BCUT2D eigenvalue weighted by molar-refractivity contribution is 5.94. The Hall–Kier alpha value is -1.77. The van der Waals surface area contributed by atoms with Crippen LogP contribution in [0.5, 0.6) is 0 Å². The Labute approximate surface area is 140 Å². The van der Waals surface area contributed by atoms with Crippen LogP contribution in [0.15, 0.2) is 18.2 Å². The molecule has 0 unspecified atom stereocenters. The number of alkyl halides is 6. The molecule has 1 aromatic carbocycles. The number of benzene rings is 1. The van der Waals surface area contributed by atoms with Gasteiger partial charge in [0.05, 0.1) is 11.1 Å². The number of halogens is 6. The van der Waals surface area contributed by atoms with Crippen molar-refractivity contribution in [2.24, 2.45) is 11.7 Å². The van der Waals surface area contributed by atoms with E-state index in [0.717, 1.165) is 25.7 Å². The van der Waals surface area contributed by atoms with Crippen LogP contribution in [-0.4, -0.2) is 18.5 Å². The van der Waals surface area contributed by atoms with Crippen molar-refractivity contribution >= 4 is 5.91 Å². The van der Waals surface area contributed by atoms with Gasteiger partial charge in [0.25, 0.3) is 5.91 Å². The Morgan fingerprint density at radius 3 is 1.88 bits per heavy atom. The van der Waals surface area contributed by atoms with Gasteiger partial charge in [0.15, 0.2) is 0 Å². The lowest BCUT2D eigenvalue weighted by Crippen LogP contribution is -2.34. The van der Waals surface area contributed by atoms with Gasteiger partial charge in [0.1, 0.15) is 0 Å². The zero-order chi connectivity index (χ0) is 18.8. The first-order chi connectivity index (χ1) is 11.5. The lowest BCUT2D eigenvalue weighted by Gasteiger charge is -2.26. The number of hydrogen-bond acceptors (Lipinski definition) is 2. The quantitative estimate of drug-likeness (QED) is 0.794. The molecule has 0 heterocycles. The van der Waals surface area contributed by atoms with E-state index in [0.29, 0.717) is 12.1 Å². The third kappa shape index (κ3) is 5.35. The van der Waals surface area contributed by atoms with Crippen molar-refractivity contribution < 1.29 is 31.1 Å². The molecule has 9 heteroatoms. The van der Waals surface area contributed by atoms with E-state index in [1.807, 2.05) is 0 Å². The number of amides is 1. The molecular formula is C16H18F6N2O. The minimum atomic E-state index is -4.98. The average molecular weight is 368 g/mol. The summed E-state index contributed by atoms with van der Waals surface area (Å²) >= 11 is 0. The van der Waals surface area contributed by atoms with Crippen LogP contribution in [0.25, 0.3) is 0 Å². The molecule has 0 radical (unpaired) electrons. The van der Waals surface area contributed by atoms with Crippen LogP contribution >= 0.6 is 0 Å². The summed E-state index contributed by atoms with van der Waals surface area (Å²) in [6, 6.07) is 0.965. The summed E-state index contributed by atoms with van der Waals surface area (Å²) in [4.78, 5) is 12.0. The summed E-state index contributed by atoms with van der Waals surface area (Å²) in [6.07, 6.45) is -6.87. The Balaban J connectivity index is 2.15. The van der Waals surface area contributed by atoms with E-state index < -0.39 is 35.0 Å². The molecule has 3 nitrogen and oxygen atoms in total. The lowest BCUT2D eigenvalue weighted by molar-refractivity contribution is -0.143. The molecule has 1 amide bonds. The molecular weight excluding hydrogens is 350 g/mol. The summed E-state index contributed by atoms with van der Waals surface area (Å²) in [6.45, 7) is 0.198. The number of nitrogens with two attached hydrogens (primary N) is 1. The van der Waals surface area contributed by atoms with Crippen LogP contribution < -0.4 is 11.1 Å². The van der Waals surface area contributed by atoms with Gasteiger partial charge in [-0.25, -0.2) is 0 Å². The summed E-state index contributed by atoms with van der Waals surface area (Å²) < 4.78 is 76.8. The summed E-state index contributed by atoms with van der Waals surface area (Å²) in [5.41, 5.74) is 2.09. The minimum absolute atomic E-state index is 0.000691. The molecule has 1 aliphatic carbocycles. The van der Waals surface area contributed by atoms with Gasteiger partial charge in [-0.3, -0.25) is 4.79 Å². The standard InChI is InChI=1S/C16H18F6N2O/c17-15(18,19)11-5-10(6-12(7-11)16(20,21)22)14(25)24-8-9-1-3-13(23)4-2-9/h5-7,9,13H,1-4,8,23H2,(H,24,25). The van der Waals surface area contributed by atoms with Gasteiger partial charge in [-0.15, -0.1) is 0 Å². The molecule has 0 aromatic heterocycles. The summed E-state index contributed by atoms with van der Waals surface area (Å²) in [5.74, 6) is -0.830. The van der Waals surface area contributed by atoms with Crippen molar-refractivity contribution in [3.05, 3.63) is 34.9 Å². The van der Waals surface area contributed by atoms with Crippen molar-refractivity contribution in [3.8, 4) is 0 Å². The van der Waals surface area contributed by atoms with Gasteiger partial charge in [-0.1, -0.05) is 0 Å². The Bertz CT molecular complexity index is 586. The highest BCUT2D eigenvalue weighted by atomic mass is 19.4. The maximum absolute atomic E-state index is 12.8. The molecule has 1 saturated carbocycles. The fraction of sp³-hybridized carbons (Fsp3) is 0.562. The molecule has 3 N–H and O–H groups in total. The van der Waals surface area contributed by atoms with Gasteiger partial charge in [0, 0.05) is 18.2 Å². The van der Waals surface area contributed by atoms with Crippen LogP contribution in [0.4, 0.5) is 26.3 Å². The van der Waals surface area contributed by atoms with E-state index in [9.17, 15) is 31.1 Å². The van der Waals surface area contributed by atoms with Crippen molar-refractivity contribution in [2.75, 3.05) is 6.54 Å². The summed E-state index contributed by atoms with van der Waals surface area (Å²) in [7, 11) is 0. The Kier molecular flexibility index (Phi) is 5.65. The zero-order valence-electron chi connectivity index (χ0n) is 13.2. The van der Waals surface area contributed by atoms with Crippen molar-refractivity contribution in [3.63, 3.8) is 0 Å². The van der Waals surface area contributed by atoms with Gasteiger partial charge < -0.3 is 11.1 Å². The van der Waals surface area contributed by atoms with E-state index in [4.69, 9.17) is 5.73 Å². The van der Waals surface area contributed by atoms with Crippen LogP contribution in [0.1, 0.15) is 47.2 Å². The Morgan fingerprint density at radius 1 is 0.960 bits per heavy atom. The fourth-order valence-corrected chi connectivity index (χ4v) is 2.82. The van der Waals surface area contributed by atoms with Crippen LogP contribution in [-0.2, 0) is 12.4 Å². The van der Waals surface area contributed by atoms with Crippen LogP contribution in [0.2, 0.25) is 0 Å². The van der Waals surface area contributed by atoms with Gasteiger partial charge in [-0.05, 0) is 49.8 Å². The topological polar surface area (TPSA) is 55.1 Å². The maximum Gasteiger partial charge on any atom is 0.416 e. The number of carbonyl (C=O) groups is 1. The van der Waals surface area contributed by atoms with Gasteiger partial charge >= 0.3 is 12.4 Å². The highest BCUT2D eigenvalue weighted by Gasteiger charge is 2.37. The molecule has 0 spiro atoms. The first-order valence-corrected chi connectivity index (χ1v) is 7.80. The average Bonchev–Trinajstić information content (AvgIpc) is 2.52. The van der Waals surface area contributed by atoms with Crippen molar-refractivity contribution in [1.82, 2.24) is 5.32 Å². The predicted octanol–water partition coefficient (Wildman–Crippen LogP) is 3.97. The summed E-state index contributed by atoms with van der Waals surface area (Å²) in [5, 5.41) is 2.43. The first kappa shape index (κ1) is 19.6. The van der Waals surface area contributed by atoms with Crippen molar-refractivity contribution in [2.45, 2.75) is 44.1 Å². The monoisotopic (exact) mass is 368 g/mol. The normalized spacial score (nSPS) is 21.9. The number of rotatable bonds is 3. The molecule has 25 heavy (non-hydrogen) atoms. The van der Waals surface area contributed by atoms with E-state index >= 15 is 0 Å². The predicted molar refractivity (Wildman–Crippen MR) is 78.7 cm³/mol. The largest absolute Gasteiger partial charge is 0.416 e. The molecule has 140 valence electrons. The molecule has 0 aliphatic heterocycles. The first-order valence-electron chi connectivity index (χ1n) is 7.80. The highest BCUT2D eigenvalue weighted by Crippen LogP contribution is 2.36. The third-order valence-electron chi connectivity index (χ3n) is 4.29. The Morgan fingerprint density at radius 2 is 1.44 bits per heavy atom. The smallest absolute Gasteiger partial charge is 0.352 e. The zero-order valence-corrected chi connectivity index (χ0v) is 13.2. The molecule has 0 bridgehead atoms. The second kappa shape index (κ2) is 7.23. The molecule has 1 aliphatic rings. The minimum Gasteiger partial charge on any atom is -0.352 e. The van der Waals surface area contributed by atoms with Gasteiger partial charge in [0.2, 0.25) is 0 Å². The molecule has 1 aromatic rings. The third-order valence-corrected chi connectivity index (χ3v) is 4.29. The van der Waals surface area contributed by atoms with Gasteiger partial charge in [-0.2, -0.15) is 26.3 Å². The maximum atomic E-state index is 12.8.